The van der Waals surface area contributed by atoms with Crippen LogP contribution in [0.1, 0.15) is 32.6 Å². The van der Waals surface area contributed by atoms with Crippen molar-refractivity contribution < 1.29 is 20.1 Å². The highest BCUT2D eigenvalue weighted by molar-refractivity contribution is 5.85. The van der Waals surface area contributed by atoms with Crippen LogP contribution in [-0.2, 0) is 4.79 Å². The van der Waals surface area contributed by atoms with E-state index in [4.69, 9.17) is 15.3 Å². The average Bonchev–Trinajstić information content (AvgIpc) is 2.16. The molecule has 0 radical (unpaired) electrons. The van der Waals surface area contributed by atoms with Crippen molar-refractivity contribution in [3.05, 3.63) is 11.6 Å². The standard InChI is InChI=1S/C10H18O4/c1-8(10(13)14)5-3-2-4-6-9(12)7-11/h5,9,11-12H,2-4,6-7H2,1H3,(H,13,14). The van der Waals surface area contributed by atoms with Gasteiger partial charge in [0, 0.05) is 5.57 Å². The third-order valence-corrected chi connectivity index (χ3v) is 1.99. The van der Waals surface area contributed by atoms with E-state index in [1.165, 1.54) is 0 Å². The second-order valence-corrected chi connectivity index (χ2v) is 3.31. The van der Waals surface area contributed by atoms with Gasteiger partial charge in [0.15, 0.2) is 0 Å². The van der Waals surface area contributed by atoms with Crippen molar-refractivity contribution in [1.29, 1.82) is 0 Å². The van der Waals surface area contributed by atoms with E-state index in [1.807, 2.05) is 0 Å². The maximum atomic E-state index is 10.4. The highest BCUT2D eigenvalue weighted by atomic mass is 16.4. The summed E-state index contributed by atoms with van der Waals surface area (Å²) in [6.45, 7) is 1.36. The van der Waals surface area contributed by atoms with Crippen LogP contribution in [-0.4, -0.2) is 34.0 Å². The number of carboxylic acid groups (broad SMARTS) is 1. The predicted octanol–water partition coefficient (Wildman–Crippen LogP) is 0.931. The Hall–Kier alpha value is -0.870. The number of hydrogen-bond acceptors (Lipinski definition) is 3. The molecule has 0 aliphatic heterocycles. The van der Waals surface area contributed by atoms with Crippen LogP contribution in [0.25, 0.3) is 0 Å². The molecule has 4 nitrogen and oxygen atoms in total. The number of hydrogen-bond donors (Lipinski definition) is 3. The van der Waals surface area contributed by atoms with E-state index >= 15 is 0 Å². The van der Waals surface area contributed by atoms with Crippen molar-refractivity contribution in [2.45, 2.75) is 38.7 Å². The molecule has 1 atom stereocenters. The van der Waals surface area contributed by atoms with Crippen LogP contribution >= 0.6 is 0 Å². The zero-order chi connectivity index (χ0) is 11.0. The molecule has 0 aromatic rings. The summed E-state index contributed by atoms with van der Waals surface area (Å²) in [6.07, 6.45) is 3.94. The summed E-state index contributed by atoms with van der Waals surface area (Å²) in [5.41, 5.74) is 0.354. The Morgan fingerprint density at radius 3 is 2.57 bits per heavy atom. The summed E-state index contributed by atoms with van der Waals surface area (Å²) < 4.78 is 0. The lowest BCUT2D eigenvalue weighted by Gasteiger charge is -2.04. The average molecular weight is 202 g/mol. The Labute approximate surface area is 83.9 Å². The Kier molecular flexibility index (Phi) is 7.06. The normalized spacial score (nSPS) is 14.1. The molecule has 0 amide bonds. The Balaban J connectivity index is 3.47. The molecule has 0 rings (SSSR count). The first-order valence-electron chi connectivity index (χ1n) is 4.77. The van der Waals surface area contributed by atoms with E-state index in [9.17, 15) is 4.79 Å². The van der Waals surface area contributed by atoms with E-state index in [1.54, 1.807) is 13.0 Å². The van der Waals surface area contributed by atoms with Gasteiger partial charge in [-0.1, -0.05) is 12.5 Å². The van der Waals surface area contributed by atoms with Crippen molar-refractivity contribution in [2.75, 3.05) is 6.61 Å². The highest BCUT2D eigenvalue weighted by Crippen LogP contribution is 2.05. The maximum Gasteiger partial charge on any atom is 0.330 e. The monoisotopic (exact) mass is 202 g/mol. The molecule has 4 heteroatoms. The molecule has 0 spiro atoms. The van der Waals surface area contributed by atoms with Crippen molar-refractivity contribution in [3.63, 3.8) is 0 Å². The number of unbranched alkanes of at least 4 members (excludes halogenated alkanes) is 2. The van der Waals surface area contributed by atoms with Crippen molar-refractivity contribution >= 4 is 5.97 Å². The second-order valence-electron chi connectivity index (χ2n) is 3.31. The van der Waals surface area contributed by atoms with E-state index in [0.29, 0.717) is 18.4 Å². The van der Waals surface area contributed by atoms with Crippen LogP contribution in [0, 0.1) is 0 Å². The molecule has 14 heavy (non-hydrogen) atoms. The molecular formula is C10H18O4. The molecule has 0 bridgehead atoms. The number of aliphatic hydroxyl groups is 2. The predicted molar refractivity (Wildman–Crippen MR) is 53.0 cm³/mol. The van der Waals surface area contributed by atoms with Gasteiger partial charge in [-0.3, -0.25) is 0 Å². The van der Waals surface area contributed by atoms with Crippen LogP contribution < -0.4 is 0 Å². The molecule has 0 saturated carbocycles. The molecule has 0 aliphatic carbocycles. The summed E-state index contributed by atoms with van der Waals surface area (Å²) in [5, 5.41) is 26.0. The van der Waals surface area contributed by atoms with Crippen LogP contribution in [0.4, 0.5) is 0 Å². The van der Waals surface area contributed by atoms with Crippen LogP contribution in [0.3, 0.4) is 0 Å². The smallest absolute Gasteiger partial charge is 0.330 e. The number of aliphatic hydroxyl groups excluding tert-OH is 2. The zero-order valence-corrected chi connectivity index (χ0v) is 8.44. The van der Waals surface area contributed by atoms with Gasteiger partial charge >= 0.3 is 5.97 Å². The molecule has 0 aromatic heterocycles. The fourth-order valence-corrected chi connectivity index (χ4v) is 1.02. The van der Waals surface area contributed by atoms with E-state index < -0.39 is 12.1 Å². The molecule has 0 fully saturated rings. The van der Waals surface area contributed by atoms with Crippen LogP contribution in [0.15, 0.2) is 11.6 Å². The molecule has 82 valence electrons. The van der Waals surface area contributed by atoms with Crippen LogP contribution in [0.5, 0.6) is 0 Å². The molecule has 1 unspecified atom stereocenters. The number of carbonyl (C=O) groups is 1. The van der Waals surface area contributed by atoms with Crippen LogP contribution in [0.2, 0.25) is 0 Å². The molecule has 3 N–H and O–H groups in total. The van der Waals surface area contributed by atoms with E-state index in [0.717, 1.165) is 12.8 Å². The van der Waals surface area contributed by atoms with Gasteiger partial charge in [-0.15, -0.1) is 0 Å². The van der Waals surface area contributed by atoms with Gasteiger partial charge in [-0.25, -0.2) is 4.79 Å². The third kappa shape index (κ3) is 6.62. The van der Waals surface area contributed by atoms with Crippen molar-refractivity contribution in [3.8, 4) is 0 Å². The summed E-state index contributed by atoms with van der Waals surface area (Å²) >= 11 is 0. The minimum atomic E-state index is -0.889. The Morgan fingerprint density at radius 1 is 1.43 bits per heavy atom. The van der Waals surface area contributed by atoms with Gasteiger partial charge < -0.3 is 15.3 Å². The van der Waals surface area contributed by atoms with Gasteiger partial charge in [0.05, 0.1) is 12.7 Å². The Bertz CT molecular complexity index is 198. The fraction of sp³-hybridized carbons (Fsp3) is 0.700. The maximum absolute atomic E-state index is 10.4. The first kappa shape index (κ1) is 13.1. The second kappa shape index (κ2) is 7.53. The number of carboxylic acids is 1. The topological polar surface area (TPSA) is 77.8 Å². The molecule has 0 saturated heterocycles. The quantitative estimate of drug-likeness (QED) is 0.424. The minimum Gasteiger partial charge on any atom is -0.478 e. The lowest BCUT2D eigenvalue weighted by molar-refractivity contribution is -0.132. The van der Waals surface area contributed by atoms with E-state index in [-0.39, 0.29) is 6.61 Å². The van der Waals surface area contributed by atoms with Crippen molar-refractivity contribution in [1.82, 2.24) is 0 Å². The fourth-order valence-electron chi connectivity index (χ4n) is 1.02. The number of rotatable bonds is 7. The zero-order valence-electron chi connectivity index (χ0n) is 8.44. The summed E-state index contributed by atoms with van der Waals surface area (Å²) in [7, 11) is 0. The highest BCUT2D eigenvalue weighted by Gasteiger charge is 2.01. The van der Waals surface area contributed by atoms with E-state index in [2.05, 4.69) is 0 Å². The molecule has 0 aliphatic rings. The van der Waals surface area contributed by atoms with Crippen molar-refractivity contribution in [2.24, 2.45) is 0 Å². The van der Waals surface area contributed by atoms with Gasteiger partial charge in [0.1, 0.15) is 0 Å². The molecule has 0 aromatic carbocycles. The number of allylic oxidation sites excluding steroid dienone is 1. The molecular weight excluding hydrogens is 184 g/mol. The molecule has 0 heterocycles. The third-order valence-electron chi connectivity index (χ3n) is 1.99. The van der Waals surface area contributed by atoms with Gasteiger partial charge in [-0.05, 0) is 26.2 Å². The Morgan fingerprint density at radius 2 is 2.07 bits per heavy atom. The summed E-state index contributed by atoms with van der Waals surface area (Å²) in [4.78, 5) is 10.4. The lowest BCUT2D eigenvalue weighted by Crippen LogP contribution is -2.10. The summed E-state index contributed by atoms with van der Waals surface area (Å²) in [6, 6.07) is 0. The van der Waals surface area contributed by atoms with Gasteiger partial charge in [0.25, 0.3) is 0 Å². The van der Waals surface area contributed by atoms with Gasteiger partial charge in [0.2, 0.25) is 0 Å². The first-order valence-corrected chi connectivity index (χ1v) is 4.77. The lowest BCUT2D eigenvalue weighted by atomic mass is 10.1. The van der Waals surface area contributed by atoms with Gasteiger partial charge in [-0.2, -0.15) is 0 Å². The first-order chi connectivity index (χ1) is 6.57. The SMILES string of the molecule is CC(=CCCCCC(O)CO)C(=O)O. The minimum absolute atomic E-state index is 0.204. The number of aliphatic carboxylic acids is 1. The summed E-state index contributed by atoms with van der Waals surface area (Å²) in [5.74, 6) is -0.889. The largest absolute Gasteiger partial charge is 0.478 e.